The summed E-state index contributed by atoms with van der Waals surface area (Å²) in [5, 5.41) is 72.2. The third-order valence-corrected chi connectivity index (χ3v) is 6.63. The third kappa shape index (κ3) is 6.94. The molecule has 0 aromatic heterocycles. The van der Waals surface area contributed by atoms with Crippen LogP contribution in [0.25, 0.3) is 0 Å². The molecule has 0 saturated heterocycles. The monoisotopic (exact) mass is 506 g/mol. The Labute approximate surface area is 218 Å². The summed E-state index contributed by atoms with van der Waals surface area (Å²) in [5.41, 5.74) is -9.71. The standard InChI is InChI=1S/C30H50O6/c1-20(2)13-26(32,14-21(3)4)28(34,16-23(7)8)30(36,18-25(11)12)29(35,17-24(9)10)27(33,19-31)15-22(5)6/h31-36H,1,3,5,7,9,11,13-19H2,2,4,6,8,10,12H3/t27-,28-,29-,30-/m1/s1. The average Bonchev–Trinajstić information content (AvgIpc) is 2.63. The van der Waals surface area contributed by atoms with Crippen molar-refractivity contribution in [2.45, 2.75) is 108 Å². The van der Waals surface area contributed by atoms with E-state index in [2.05, 4.69) is 39.5 Å². The second kappa shape index (κ2) is 12.2. The fourth-order valence-electron chi connectivity index (χ4n) is 5.52. The SMILES string of the molecule is C=C(C)CC(O)(CC(=C)C)[C@](O)(CC(=C)C)[C@](O)(CC(=C)C)[C@@](O)(CC(=C)C)[C@](O)(CO)CC(=C)C. The van der Waals surface area contributed by atoms with Gasteiger partial charge in [-0.1, -0.05) is 33.4 Å². The van der Waals surface area contributed by atoms with Gasteiger partial charge in [-0.3, -0.25) is 0 Å². The predicted octanol–water partition coefficient (Wildman–Crippen LogP) is 4.43. The van der Waals surface area contributed by atoms with Gasteiger partial charge in [0.1, 0.15) is 28.0 Å². The molecular weight excluding hydrogens is 456 g/mol. The molecule has 4 atom stereocenters. The van der Waals surface area contributed by atoms with Gasteiger partial charge in [0.2, 0.25) is 0 Å². The van der Waals surface area contributed by atoms with Crippen molar-refractivity contribution in [3.8, 4) is 0 Å². The Hall–Kier alpha value is -1.80. The van der Waals surface area contributed by atoms with E-state index in [1.165, 1.54) is 0 Å². The van der Waals surface area contributed by atoms with Crippen LogP contribution in [0.2, 0.25) is 0 Å². The fraction of sp³-hybridized carbons (Fsp3) is 0.600. The highest BCUT2D eigenvalue weighted by Crippen LogP contribution is 2.55. The topological polar surface area (TPSA) is 121 Å². The van der Waals surface area contributed by atoms with Crippen molar-refractivity contribution >= 4 is 0 Å². The Kier molecular flexibility index (Phi) is 11.6. The first-order valence-electron chi connectivity index (χ1n) is 12.2. The number of hydrogen-bond acceptors (Lipinski definition) is 6. The quantitative estimate of drug-likeness (QED) is 0.162. The normalized spacial score (nSPS) is 18.7. The Morgan fingerprint density at radius 3 is 0.889 bits per heavy atom. The van der Waals surface area contributed by atoms with Crippen LogP contribution in [0.5, 0.6) is 0 Å². The summed E-state index contributed by atoms with van der Waals surface area (Å²) in [4.78, 5) is 0. The molecule has 0 aliphatic heterocycles. The Morgan fingerprint density at radius 2 is 0.639 bits per heavy atom. The number of aliphatic hydroxyl groups excluding tert-OH is 1. The van der Waals surface area contributed by atoms with Crippen LogP contribution in [0.4, 0.5) is 0 Å². The summed E-state index contributed by atoms with van der Waals surface area (Å²) < 4.78 is 0. The molecule has 0 bridgehead atoms. The predicted molar refractivity (Wildman–Crippen MR) is 148 cm³/mol. The smallest absolute Gasteiger partial charge is 0.132 e. The third-order valence-electron chi connectivity index (χ3n) is 6.63. The summed E-state index contributed by atoms with van der Waals surface area (Å²) in [6.45, 7) is 32.1. The van der Waals surface area contributed by atoms with Crippen LogP contribution in [0, 0.1) is 0 Å². The minimum absolute atomic E-state index is 0.149. The lowest BCUT2D eigenvalue weighted by molar-refractivity contribution is -0.338. The van der Waals surface area contributed by atoms with E-state index in [1.54, 1.807) is 41.5 Å². The minimum Gasteiger partial charge on any atom is -0.393 e. The van der Waals surface area contributed by atoms with E-state index >= 15 is 0 Å². The molecule has 0 amide bonds. The van der Waals surface area contributed by atoms with Crippen LogP contribution in [0.1, 0.15) is 80.1 Å². The highest BCUT2D eigenvalue weighted by molar-refractivity contribution is 5.32. The van der Waals surface area contributed by atoms with Crippen LogP contribution in [-0.2, 0) is 0 Å². The van der Waals surface area contributed by atoms with Gasteiger partial charge in [-0.05, 0) is 54.4 Å². The molecule has 0 radical (unpaired) electrons. The molecule has 0 spiro atoms. The van der Waals surface area contributed by atoms with Crippen LogP contribution in [0.15, 0.2) is 72.9 Å². The van der Waals surface area contributed by atoms with Gasteiger partial charge in [0.15, 0.2) is 0 Å². The van der Waals surface area contributed by atoms with E-state index < -0.39 is 47.5 Å². The average molecular weight is 507 g/mol. The lowest BCUT2D eigenvalue weighted by Gasteiger charge is -2.62. The van der Waals surface area contributed by atoms with Crippen LogP contribution < -0.4 is 0 Å². The van der Waals surface area contributed by atoms with Crippen molar-refractivity contribution in [3.05, 3.63) is 72.9 Å². The Morgan fingerprint density at radius 1 is 0.417 bits per heavy atom. The Bertz CT molecular complexity index is 885. The van der Waals surface area contributed by atoms with Crippen molar-refractivity contribution in [3.63, 3.8) is 0 Å². The molecule has 0 unspecified atom stereocenters. The molecule has 36 heavy (non-hydrogen) atoms. The van der Waals surface area contributed by atoms with E-state index in [-0.39, 0.29) is 25.7 Å². The van der Waals surface area contributed by atoms with Crippen molar-refractivity contribution in [2.24, 2.45) is 0 Å². The van der Waals surface area contributed by atoms with Gasteiger partial charge >= 0.3 is 0 Å². The zero-order valence-electron chi connectivity index (χ0n) is 23.4. The maximum atomic E-state index is 12.7. The van der Waals surface area contributed by atoms with Crippen LogP contribution >= 0.6 is 0 Å². The van der Waals surface area contributed by atoms with Gasteiger partial charge in [0.05, 0.1) is 6.61 Å². The maximum Gasteiger partial charge on any atom is 0.132 e. The molecular formula is C30H50O6. The van der Waals surface area contributed by atoms with Crippen molar-refractivity contribution in [1.82, 2.24) is 0 Å². The first kappa shape index (κ1) is 34.2. The lowest BCUT2D eigenvalue weighted by atomic mass is 9.52. The maximum absolute atomic E-state index is 12.7. The largest absolute Gasteiger partial charge is 0.393 e. The van der Waals surface area contributed by atoms with E-state index in [0.29, 0.717) is 33.4 Å². The zero-order valence-corrected chi connectivity index (χ0v) is 23.4. The highest BCUT2D eigenvalue weighted by Gasteiger charge is 2.73. The van der Waals surface area contributed by atoms with Crippen LogP contribution in [0.3, 0.4) is 0 Å². The molecule has 0 fully saturated rings. The molecule has 6 heteroatoms. The second-order valence-electron chi connectivity index (χ2n) is 11.6. The van der Waals surface area contributed by atoms with E-state index in [9.17, 15) is 30.6 Å². The second-order valence-corrected chi connectivity index (χ2v) is 11.6. The summed E-state index contributed by atoms with van der Waals surface area (Å²) in [5.74, 6) is 0. The van der Waals surface area contributed by atoms with Crippen molar-refractivity contribution in [2.75, 3.05) is 6.61 Å². The minimum atomic E-state index is -2.67. The molecule has 0 heterocycles. The number of rotatable bonds is 17. The highest BCUT2D eigenvalue weighted by atomic mass is 16.4. The molecule has 0 aliphatic carbocycles. The van der Waals surface area contributed by atoms with E-state index in [1.807, 2.05) is 0 Å². The first-order valence-corrected chi connectivity index (χ1v) is 12.2. The molecule has 0 aliphatic rings. The Balaban J connectivity index is 8.03. The number of hydrogen-bond donors (Lipinski definition) is 6. The molecule has 0 rings (SSSR count). The lowest BCUT2D eigenvalue weighted by Crippen LogP contribution is -2.81. The number of aliphatic hydroxyl groups is 6. The molecule has 206 valence electrons. The summed E-state index contributed by atoms with van der Waals surface area (Å²) in [6, 6.07) is 0. The van der Waals surface area contributed by atoms with E-state index in [0.717, 1.165) is 0 Å². The van der Waals surface area contributed by atoms with Crippen LogP contribution in [-0.4, -0.2) is 65.3 Å². The molecule has 6 N–H and O–H groups in total. The zero-order chi connectivity index (χ0) is 28.9. The molecule has 0 saturated carbocycles. The molecule has 0 aromatic rings. The molecule has 6 nitrogen and oxygen atoms in total. The summed E-state index contributed by atoms with van der Waals surface area (Å²) in [7, 11) is 0. The van der Waals surface area contributed by atoms with Gasteiger partial charge < -0.3 is 30.6 Å². The summed E-state index contributed by atoms with van der Waals surface area (Å²) >= 11 is 0. The van der Waals surface area contributed by atoms with Gasteiger partial charge in [-0.25, -0.2) is 0 Å². The first-order chi connectivity index (χ1) is 16.1. The summed E-state index contributed by atoms with van der Waals surface area (Å²) in [6.07, 6.45) is -1.77. The van der Waals surface area contributed by atoms with E-state index in [4.69, 9.17) is 0 Å². The van der Waals surface area contributed by atoms with Gasteiger partial charge in [0.25, 0.3) is 0 Å². The van der Waals surface area contributed by atoms with Crippen molar-refractivity contribution in [1.29, 1.82) is 0 Å². The van der Waals surface area contributed by atoms with Gasteiger partial charge in [-0.2, -0.15) is 0 Å². The van der Waals surface area contributed by atoms with Crippen molar-refractivity contribution < 1.29 is 30.6 Å². The van der Waals surface area contributed by atoms with Gasteiger partial charge in [0, 0.05) is 25.7 Å². The molecule has 0 aromatic carbocycles. The fourth-order valence-corrected chi connectivity index (χ4v) is 5.52. The van der Waals surface area contributed by atoms with Gasteiger partial charge in [-0.15, -0.1) is 39.5 Å².